The van der Waals surface area contributed by atoms with Crippen LogP contribution in [0.1, 0.15) is 45.4 Å². The Kier molecular flexibility index (Phi) is 4.62. The van der Waals surface area contributed by atoms with Crippen molar-refractivity contribution >= 4 is 17.9 Å². The summed E-state index contributed by atoms with van der Waals surface area (Å²) in [6.45, 7) is 5.15. The van der Waals surface area contributed by atoms with E-state index < -0.39 is 23.8 Å². The van der Waals surface area contributed by atoms with Gasteiger partial charge in [0.2, 0.25) is 6.29 Å². The normalized spacial score (nSPS) is 33.6. The Morgan fingerprint density at radius 3 is 2.71 bits per heavy atom. The Balaban J connectivity index is 1.56. The molecule has 7 heteroatoms. The van der Waals surface area contributed by atoms with Gasteiger partial charge in [-0.25, -0.2) is 4.79 Å². The van der Waals surface area contributed by atoms with Gasteiger partial charge in [0, 0.05) is 12.5 Å². The van der Waals surface area contributed by atoms with Crippen molar-refractivity contribution in [2.24, 2.45) is 5.92 Å². The molecule has 0 bridgehead atoms. The van der Waals surface area contributed by atoms with Crippen LogP contribution in [-0.4, -0.2) is 42.0 Å². The van der Waals surface area contributed by atoms with E-state index in [1.54, 1.807) is 6.92 Å². The summed E-state index contributed by atoms with van der Waals surface area (Å²) in [5, 5.41) is 0. The molecule has 1 saturated carbocycles. The number of rotatable bonds is 5. The van der Waals surface area contributed by atoms with E-state index in [0.29, 0.717) is 19.3 Å². The maximum Gasteiger partial charge on any atom is 0.330 e. The molecule has 24 heavy (non-hydrogen) atoms. The number of hydrogen-bond donors (Lipinski definition) is 0. The highest BCUT2D eigenvalue weighted by molar-refractivity contribution is 5.82. The fourth-order valence-electron chi connectivity index (χ4n) is 3.79. The molecule has 0 aromatic carbocycles. The molecule has 4 unspecified atom stereocenters. The molecule has 3 aliphatic rings. The molecular formula is C17H22O7. The number of hydrogen-bond acceptors (Lipinski definition) is 7. The van der Waals surface area contributed by atoms with Gasteiger partial charge in [0.25, 0.3) is 0 Å². The van der Waals surface area contributed by atoms with Crippen LogP contribution >= 0.6 is 0 Å². The molecule has 4 atom stereocenters. The van der Waals surface area contributed by atoms with E-state index in [-0.39, 0.29) is 30.5 Å². The first-order valence-electron chi connectivity index (χ1n) is 8.33. The van der Waals surface area contributed by atoms with Crippen LogP contribution in [0.3, 0.4) is 0 Å². The quantitative estimate of drug-likeness (QED) is 0.428. The van der Waals surface area contributed by atoms with Gasteiger partial charge >= 0.3 is 17.9 Å². The lowest BCUT2D eigenvalue weighted by atomic mass is 9.97. The number of fused-ring (bicyclic) bond motifs is 1. The van der Waals surface area contributed by atoms with Crippen LogP contribution in [0.15, 0.2) is 12.7 Å². The SMILES string of the molecule is C=CC(=O)OC1(CC(=O)OC2CC3C(=O)OC(C)C3O2)CCCC1. The highest BCUT2D eigenvalue weighted by Crippen LogP contribution is 2.39. The molecule has 2 heterocycles. The minimum absolute atomic E-state index is 0.0121. The predicted octanol–water partition coefficient (Wildman–Crippen LogP) is 1.64. The van der Waals surface area contributed by atoms with Crippen LogP contribution in [0, 0.1) is 5.92 Å². The molecule has 2 saturated heterocycles. The third-order valence-corrected chi connectivity index (χ3v) is 4.95. The largest absolute Gasteiger partial charge is 0.460 e. The van der Waals surface area contributed by atoms with E-state index in [1.165, 1.54) is 0 Å². The Labute approximate surface area is 140 Å². The predicted molar refractivity (Wildman–Crippen MR) is 80.5 cm³/mol. The van der Waals surface area contributed by atoms with Crippen LogP contribution in [-0.2, 0) is 33.3 Å². The summed E-state index contributed by atoms with van der Waals surface area (Å²) in [6, 6.07) is 0. The molecule has 0 radical (unpaired) electrons. The number of carbonyl (C=O) groups is 3. The second kappa shape index (κ2) is 6.55. The van der Waals surface area contributed by atoms with Crippen molar-refractivity contribution < 1.29 is 33.3 Å². The van der Waals surface area contributed by atoms with E-state index in [4.69, 9.17) is 18.9 Å². The Morgan fingerprint density at radius 1 is 1.38 bits per heavy atom. The summed E-state index contributed by atoms with van der Waals surface area (Å²) in [4.78, 5) is 35.5. The summed E-state index contributed by atoms with van der Waals surface area (Å²) >= 11 is 0. The van der Waals surface area contributed by atoms with Crippen LogP contribution in [0.2, 0.25) is 0 Å². The maximum absolute atomic E-state index is 12.3. The van der Waals surface area contributed by atoms with Crippen molar-refractivity contribution in [3.05, 3.63) is 12.7 Å². The lowest BCUT2D eigenvalue weighted by Gasteiger charge is -2.28. The molecule has 0 amide bonds. The van der Waals surface area contributed by atoms with Gasteiger partial charge in [-0.1, -0.05) is 6.58 Å². The molecule has 7 nitrogen and oxygen atoms in total. The van der Waals surface area contributed by atoms with Crippen molar-refractivity contribution in [2.75, 3.05) is 0 Å². The van der Waals surface area contributed by atoms with Crippen molar-refractivity contribution in [3.8, 4) is 0 Å². The smallest absolute Gasteiger partial charge is 0.330 e. The summed E-state index contributed by atoms with van der Waals surface area (Å²) in [5.74, 6) is -1.71. The molecule has 0 aromatic rings. The molecule has 3 rings (SSSR count). The summed E-state index contributed by atoms with van der Waals surface area (Å²) in [7, 11) is 0. The van der Waals surface area contributed by atoms with Gasteiger partial charge < -0.3 is 18.9 Å². The van der Waals surface area contributed by atoms with Crippen molar-refractivity contribution in [2.45, 2.75) is 69.5 Å². The maximum atomic E-state index is 12.3. The monoisotopic (exact) mass is 338 g/mol. The van der Waals surface area contributed by atoms with Gasteiger partial charge in [-0.2, -0.15) is 0 Å². The third-order valence-electron chi connectivity index (χ3n) is 4.95. The minimum atomic E-state index is -0.816. The van der Waals surface area contributed by atoms with Gasteiger partial charge in [0.1, 0.15) is 17.8 Å². The molecular weight excluding hydrogens is 316 g/mol. The van der Waals surface area contributed by atoms with Crippen LogP contribution in [0.5, 0.6) is 0 Å². The van der Waals surface area contributed by atoms with Gasteiger partial charge in [0.05, 0.1) is 12.3 Å². The highest BCUT2D eigenvalue weighted by Gasteiger charge is 2.51. The minimum Gasteiger partial charge on any atom is -0.460 e. The Morgan fingerprint density at radius 2 is 2.08 bits per heavy atom. The van der Waals surface area contributed by atoms with Crippen molar-refractivity contribution in [1.29, 1.82) is 0 Å². The number of ether oxygens (including phenoxy) is 4. The second-order valence-corrected chi connectivity index (χ2v) is 6.70. The van der Waals surface area contributed by atoms with E-state index in [2.05, 4.69) is 6.58 Å². The standard InChI is InChI=1S/C17H22O7/c1-3-12(18)24-17(6-4-5-7-17)9-13(19)22-14-8-11-15(23-14)10(2)21-16(11)20/h3,10-11,14-15H,1,4-9H2,2H3. The summed E-state index contributed by atoms with van der Waals surface area (Å²) in [5.41, 5.74) is -0.816. The van der Waals surface area contributed by atoms with Gasteiger partial charge in [-0.15, -0.1) is 0 Å². The van der Waals surface area contributed by atoms with Crippen LogP contribution < -0.4 is 0 Å². The third kappa shape index (κ3) is 3.31. The van der Waals surface area contributed by atoms with Gasteiger partial charge in [0.15, 0.2) is 0 Å². The van der Waals surface area contributed by atoms with Crippen molar-refractivity contribution in [1.82, 2.24) is 0 Å². The van der Waals surface area contributed by atoms with Gasteiger partial charge in [-0.3, -0.25) is 9.59 Å². The van der Waals surface area contributed by atoms with Gasteiger partial charge in [-0.05, 0) is 32.6 Å². The lowest BCUT2D eigenvalue weighted by Crippen LogP contribution is -2.36. The molecule has 1 aliphatic carbocycles. The zero-order chi connectivity index (χ0) is 17.3. The molecule has 132 valence electrons. The van der Waals surface area contributed by atoms with E-state index >= 15 is 0 Å². The van der Waals surface area contributed by atoms with Crippen molar-refractivity contribution in [3.63, 3.8) is 0 Å². The fourth-order valence-corrected chi connectivity index (χ4v) is 3.79. The zero-order valence-corrected chi connectivity index (χ0v) is 13.7. The first-order chi connectivity index (χ1) is 11.4. The van der Waals surface area contributed by atoms with E-state index in [1.807, 2.05) is 0 Å². The zero-order valence-electron chi connectivity index (χ0n) is 13.7. The number of carbonyl (C=O) groups excluding carboxylic acids is 3. The molecule has 3 fully saturated rings. The van der Waals surface area contributed by atoms with E-state index in [9.17, 15) is 14.4 Å². The Bertz CT molecular complexity index is 549. The second-order valence-electron chi connectivity index (χ2n) is 6.70. The molecule has 2 aliphatic heterocycles. The first-order valence-corrected chi connectivity index (χ1v) is 8.33. The first kappa shape index (κ1) is 17.0. The highest BCUT2D eigenvalue weighted by atomic mass is 16.7. The summed E-state index contributed by atoms with van der Waals surface area (Å²) < 4.78 is 21.5. The van der Waals surface area contributed by atoms with Crippen LogP contribution in [0.25, 0.3) is 0 Å². The molecule has 0 N–H and O–H groups in total. The fraction of sp³-hybridized carbons (Fsp3) is 0.706. The number of cyclic esters (lactones) is 1. The van der Waals surface area contributed by atoms with Crippen LogP contribution in [0.4, 0.5) is 0 Å². The molecule has 0 spiro atoms. The molecule has 0 aromatic heterocycles. The Hall–Kier alpha value is -1.89. The number of esters is 3. The average Bonchev–Trinajstić information content (AvgIpc) is 3.19. The topological polar surface area (TPSA) is 88.1 Å². The average molecular weight is 338 g/mol. The van der Waals surface area contributed by atoms with E-state index in [0.717, 1.165) is 18.9 Å². The summed E-state index contributed by atoms with van der Waals surface area (Å²) in [6.07, 6.45) is 2.98. The lowest BCUT2D eigenvalue weighted by molar-refractivity contribution is -0.188.